The third-order valence-electron chi connectivity index (χ3n) is 2.07. The minimum Gasteiger partial charge on any atom is -0.198 e. The summed E-state index contributed by atoms with van der Waals surface area (Å²) in [6, 6.07) is 11.8. The Balaban J connectivity index is 3.00. The highest BCUT2D eigenvalue weighted by Crippen LogP contribution is 2.22. The predicted molar refractivity (Wildman–Crippen MR) is 54.3 cm³/mol. The Morgan fingerprint density at radius 2 is 1.86 bits per heavy atom. The van der Waals surface area contributed by atoms with E-state index in [1.54, 1.807) is 6.07 Å². The van der Waals surface area contributed by atoms with Crippen LogP contribution >= 0.6 is 0 Å². The van der Waals surface area contributed by atoms with E-state index in [0.717, 1.165) is 5.56 Å². The van der Waals surface area contributed by atoms with Gasteiger partial charge in [0.05, 0.1) is 23.1 Å². The molecule has 0 N–H and O–H groups in total. The van der Waals surface area contributed by atoms with Gasteiger partial charge in [0, 0.05) is 0 Å². The van der Waals surface area contributed by atoms with Crippen LogP contribution in [0.2, 0.25) is 0 Å². The molecule has 2 nitrogen and oxygen atoms in total. The molecule has 0 amide bonds. The predicted octanol–water partition coefficient (Wildman–Crippen LogP) is 2.65. The Labute approximate surface area is 84.4 Å². The molecule has 0 aromatic heterocycles. The molecule has 0 radical (unpaired) electrons. The van der Waals surface area contributed by atoms with Gasteiger partial charge in [-0.25, -0.2) is 0 Å². The maximum atomic E-state index is 8.89. The number of nitrogens with zero attached hydrogens (tertiary/aromatic N) is 2. The maximum absolute atomic E-state index is 8.89. The Morgan fingerprint density at radius 1 is 1.21 bits per heavy atom. The Hall–Kier alpha value is -1.80. The molecule has 0 aliphatic heterocycles. The van der Waals surface area contributed by atoms with Crippen LogP contribution in [0.4, 0.5) is 0 Å². The number of hydrogen-bond donors (Lipinski definition) is 0. The molecule has 0 atom stereocenters. The van der Waals surface area contributed by atoms with E-state index in [1.807, 2.05) is 32.0 Å². The van der Waals surface area contributed by atoms with Crippen LogP contribution in [-0.4, -0.2) is 0 Å². The topological polar surface area (TPSA) is 47.6 Å². The lowest BCUT2D eigenvalue weighted by Crippen LogP contribution is -2.12. The van der Waals surface area contributed by atoms with Crippen molar-refractivity contribution in [1.82, 2.24) is 0 Å². The van der Waals surface area contributed by atoms with Gasteiger partial charge < -0.3 is 0 Å². The standard InChI is InChI=1S/C12H12N2/c1-12(2,9-14)7-10-5-3-4-6-11(10)8-13/h3-6H,7H2,1-2H3. The molecular weight excluding hydrogens is 172 g/mol. The average Bonchev–Trinajstić information content (AvgIpc) is 2.18. The van der Waals surface area contributed by atoms with Crippen molar-refractivity contribution < 1.29 is 0 Å². The van der Waals surface area contributed by atoms with Crippen molar-refractivity contribution in [2.24, 2.45) is 5.41 Å². The molecule has 0 aliphatic rings. The van der Waals surface area contributed by atoms with Crippen molar-refractivity contribution in [3.05, 3.63) is 35.4 Å². The van der Waals surface area contributed by atoms with E-state index in [4.69, 9.17) is 10.5 Å². The van der Waals surface area contributed by atoms with E-state index in [0.29, 0.717) is 12.0 Å². The quantitative estimate of drug-likeness (QED) is 0.709. The number of benzene rings is 1. The third-order valence-corrected chi connectivity index (χ3v) is 2.07. The minimum absolute atomic E-state index is 0.410. The molecular formula is C12H12N2. The first kappa shape index (κ1) is 10.3. The van der Waals surface area contributed by atoms with Crippen LogP contribution in [0.5, 0.6) is 0 Å². The van der Waals surface area contributed by atoms with Gasteiger partial charge in [0.25, 0.3) is 0 Å². The van der Waals surface area contributed by atoms with Crippen molar-refractivity contribution in [3.8, 4) is 12.1 Å². The second kappa shape index (κ2) is 3.94. The summed E-state index contributed by atoms with van der Waals surface area (Å²) < 4.78 is 0. The molecule has 0 heterocycles. The van der Waals surface area contributed by atoms with E-state index < -0.39 is 5.41 Å². The van der Waals surface area contributed by atoms with Crippen LogP contribution in [-0.2, 0) is 6.42 Å². The van der Waals surface area contributed by atoms with Crippen LogP contribution in [0.25, 0.3) is 0 Å². The normalized spacial score (nSPS) is 10.3. The van der Waals surface area contributed by atoms with Gasteiger partial charge in [0.2, 0.25) is 0 Å². The molecule has 2 heteroatoms. The second-order valence-electron chi connectivity index (χ2n) is 3.94. The zero-order valence-electron chi connectivity index (χ0n) is 8.41. The highest BCUT2D eigenvalue weighted by atomic mass is 14.3. The monoisotopic (exact) mass is 184 g/mol. The zero-order valence-corrected chi connectivity index (χ0v) is 8.41. The largest absolute Gasteiger partial charge is 0.198 e. The molecule has 0 unspecified atom stereocenters. The molecule has 0 bridgehead atoms. The Morgan fingerprint density at radius 3 is 2.43 bits per heavy atom. The Bertz CT molecular complexity index is 405. The summed E-state index contributed by atoms with van der Waals surface area (Å²) in [5.41, 5.74) is 1.20. The molecule has 70 valence electrons. The smallest absolute Gasteiger partial charge is 0.0994 e. The maximum Gasteiger partial charge on any atom is 0.0994 e. The summed E-state index contributed by atoms with van der Waals surface area (Å²) in [4.78, 5) is 0. The zero-order chi connectivity index (χ0) is 10.6. The first-order chi connectivity index (χ1) is 6.59. The van der Waals surface area contributed by atoms with Crippen molar-refractivity contribution in [2.45, 2.75) is 20.3 Å². The van der Waals surface area contributed by atoms with Crippen LogP contribution in [0.3, 0.4) is 0 Å². The molecule has 0 saturated carbocycles. The summed E-state index contributed by atoms with van der Waals surface area (Å²) in [5.74, 6) is 0. The highest BCUT2D eigenvalue weighted by molar-refractivity contribution is 5.38. The minimum atomic E-state index is -0.410. The molecule has 0 spiro atoms. The fraction of sp³-hybridized carbons (Fsp3) is 0.333. The summed E-state index contributed by atoms with van der Waals surface area (Å²) in [6.45, 7) is 3.75. The van der Waals surface area contributed by atoms with Crippen molar-refractivity contribution in [2.75, 3.05) is 0 Å². The van der Waals surface area contributed by atoms with Gasteiger partial charge in [-0.15, -0.1) is 0 Å². The SMILES string of the molecule is CC(C)(C#N)Cc1ccccc1C#N. The molecule has 1 rings (SSSR count). The first-order valence-corrected chi connectivity index (χ1v) is 4.48. The highest BCUT2D eigenvalue weighted by Gasteiger charge is 2.18. The summed E-state index contributed by atoms with van der Waals surface area (Å²) in [7, 11) is 0. The van der Waals surface area contributed by atoms with Gasteiger partial charge in [-0.3, -0.25) is 0 Å². The van der Waals surface area contributed by atoms with Crippen molar-refractivity contribution in [1.29, 1.82) is 10.5 Å². The average molecular weight is 184 g/mol. The number of nitriles is 2. The van der Waals surface area contributed by atoms with Crippen LogP contribution in [0.15, 0.2) is 24.3 Å². The molecule has 0 saturated heterocycles. The summed E-state index contributed by atoms with van der Waals surface area (Å²) in [5, 5.41) is 17.7. The van der Waals surface area contributed by atoms with E-state index in [2.05, 4.69) is 12.1 Å². The summed E-state index contributed by atoms with van der Waals surface area (Å²) in [6.07, 6.45) is 0.618. The summed E-state index contributed by atoms with van der Waals surface area (Å²) >= 11 is 0. The van der Waals surface area contributed by atoms with Gasteiger partial charge in [0.1, 0.15) is 0 Å². The van der Waals surface area contributed by atoms with Crippen LogP contribution < -0.4 is 0 Å². The van der Waals surface area contributed by atoms with Gasteiger partial charge in [0.15, 0.2) is 0 Å². The van der Waals surface area contributed by atoms with Crippen LogP contribution in [0.1, 0.15) is 25.0 Å². The molecule has 0 aliphatic carbocycles. The molecule has 1 aromatic rings. The van der Waals surface area contributed by atoms with E-state index in [9.17, 15) is 0 Å². The lowest BCUT2D eigenvalue weighted by atomic mass is 9.86. The number of hydrogen-bond acceptors (Lipinski definition) is 2. The Kier molecular flexibility index (Phi) is 2.89. The van der Waals surface area contributed by atoms with Gasteiger partial charge in [-0.05, 0) is 31.9 Å². The van der Waals surface area contributed by atoms with Crippen LogP contribution in [0, 0.1) is 28.1 Å². The van der Waals surface area contributed by atoms with E-state index >= 15 is 0 Å². The van der Waals surface area contributed by atoms with E-state index in [-0.39, 0.29) is 0 Å². The van der Waals surface area contributed by atoms with Crippen molar-refractivity contribution in [3.63, 3.8) is 0 Å². The van der Waals surface area contributed by atoms with E-state index in [1.165, 1.54) is 0 Å². The first-order valence-electron chi connectivity index (χ1n) is 4.48. The lowest BCUT2D eigenvalue weighted by Gasteiger charge is -2.15. The fourth-order valence-electron chi connectivity index (χ4n) is 1.30. The molecule has 1 aromatic carbocycles. The lowest BCUT2D eigenvalue weighted by molar-refractivity contribution is 0.493. The molecule has 0 fully saturated rings. The fourth-order valence-corrected chi connectivity index (χ4v) is 1.30. The van der Waals surface area contributed by atoms with Crippen molar-refractivity contribution >= 4 is 0 Å². The number of rotatable bonds is 2. The third kappa shape index (κ3) is 2.34. The second-order valence-corrected chi connectivity index (χ2v) is 3.94. The van der Waals surface area contributed by atoms with Gasteiger partial charge >= 0.3 is 0 Å². The van der Waals surface area contributed by atoms with Gasteiger partial charge in [-0.2, -0.15) is 10.5 Å². The van der Waals surface area contributed by atoms with Gasteiger partial charge in [-0.1, -0.05) is 18.2 Å². The molecule has 14 heavy (non-hydrogen) atoms.